The number of carbonyl (C=O) groups is 2. The molecule has 2 atom stereocenters. The first-order valence-corrected chi connectivity index (χ1v) is 14.4. The minimum Gasteiger partial charge on any atom is -0.492 e. The lowest BCUT2D eigenvalue weighted by Gasteiger charge is -2.23. The third kappa shape index (κ3) is 6.06. The molecule has 3 aliphatic rings. The Hall–Kier alpha value is -4.05. The summed E-state index contributed by atoms with van der Waals surface area (Å²) < 4.78 is 64.9. The molecule has 6 rings (SSSR count). The second-order valence-electron chi connectivity index (χ2n) is 11.1. The van der Waals surface area contributed by atoms with Crippen LogP contribution in [0.25, 0.3) is 11.1 Å². The molecule has 0 bridgehead atoms. The first-order chi connectivity index (χ1) is 20.7. The molecule has 0 radical (unpaired) electrons. The Morgan fingerprint density at radius 3 is 2.44 bits per heavy atom. The van der Waals surface area contributed by atoms with Gasteiger partial charge in [-0.3, -0.25) is 9.59 Å². The van der Waals surface area contributed by atoms with Crippen molar-refractivity contribution in [2.45, 2.75) is 56.3 Å². The number of halogens is 3. The van der Waals surface area contributed by atoms with Crippen LogP contribution >= 0.6 is 0 Å². The summed E-state index contributed by atoms with van der Waals surface area (Å²) in [5, 5.41) is 2.98. The van der Waals surface area contributed by atoms with Crippen LogP contribution in [0, 0.1) is 0 Å². The zero-order valence-electron chi connectivity index (χ0n) is 23.7. The second kappa shape index (κ2) is 11.9. The Balaban J connectivity index is 1.24. The standard InChI is InChI=1S/C33H32F3NO6/c1-40-30(38)16-21-18-42-29-17-23(6-7-24(21)29)43-28-11-9-26-25(28)8-10-27(33(34,35)36)31(26)19-2-4-20(5-3-19)32(39)37-22-12-14-41-15-13-22/h2-8,10,17,21-22,28H,9,11-16,18H2,1H3,(H,37,39)/t21-,28-/m1/s1. The van der Waals surface area contributed by atoms with Gasteiger partial charge < -0.3 is 24.3 Å². The summed E-state index contributed by atoms with van der Waals surface area (Å²) in [4.78, 5) is 24.5. The van der Waals surface area contributed by atoms with Gasteiger partial charge in [0.25, 0.3) is 5.91 Å². The number of alkyl halides is 3. The van der Waals surface area contributed by atoms with Gasteiger partial charge in [0.05, 0.1) is 25.7 Å². The molecule has 2 heterocycles. The van der Waals surface area contributed by atoms with Crippen molar-refractivity contribution in [3.05, 3.63) is 82.4 Å². The fraction of sp³-hybridized carbons (Fsp3) is 0.394. The molecule has 10 heteroatoms. The van der Waals surface area contributed by atoms with Gasteiger partial charge in [0.1, 0.15) is 17.6 Å². The molecule has 226 valence electrons. The molecule has 3 aromatic rings. The van der Waals surface area contributed by atoms with E-state index >= 15 is 0 Å². The van der Waals surface area contributed by atoms with Gasteiger partial charge in [-0.25, -0.2) is 0 Å². The Morgan fingerprint density at radius 1 is 0.977 bits per heavy atom. The van der Waals surface area contributed by atoms with Crippen LogP contribution in [0.3, 0.4) is 0 Å². The van der Waals surface area contributed by atoms with E-state index in [4.69, 9.17) is 18.9 Å². The molecule has 7 nitrogen and oxygen atoms in total. The number of ether oxygens (including phenoxy) is 4. The van der Waals surface area contributed by atoms with E-state index in [-0.39, 0.29) is 35.8 Å². The number of methoxy groups -OCH3 is 1. The third-order valence-corrected chi connectivity index (χ3v) is 8.43. The maximum atomic E-state index is 14.2. The number of hydrogen-bond acceptors (Lipinski definition) is 6. The van der Waals surface area contributed by atoms with E-state index in [2.05, 4.69) is 5.32 Å². The molecule has 43 heavy (non-hydrogen) atoms. The summed E-state index contributed by atoms with van der Waals surface area (Å²) in [5.41, 5.74) is 2.39. The number of benzene rings is 3. The first kappa shape index (κ1) is 29.0. The molecular weight excluding hydrogens is 563 g/mol. The summed E-state index contributed by atoms with van der Waals surface area (Å²) in [7, 11) is 1.35. The highest BCUT2D eigenvalue weighted by molar-refractivity contribution is 5.95. The number of hydrogen-bond donors (Lipinski definition) is 1. The van der Waals surface area contributed by atoms with Gasteiger partial charge in [-0.1, -0.05) is 24.3 Å². The summed E-state index contributed by atoms with van der Waals surface area (Å²) in [6.45, 7) is 1.54. The van der Waals surface area contributed by atoms with Crippen LogP contribution in [0.15, 0.2) is 54.6 Å². The molecule has 1 saturated heterocycles. The Bertz CT molecular complexity index is 1510. The van der Waals surface area contributed by atoms with Crippen LogP contribution in [0.4, 0.5) is 13.2 Å². The predicted octanol–water partition coefficient (Wildman–Crippen LogP) is 6.39. The number of fused-ring (bicyclic) bond motifs is 2. The molecule has 0 unspecified atom stereocenters. The molecule has 0 saturated carbocycles. The number of carbonyl (C=O) groups excluding carboxylic acids is 2. The van der Waals surface area contributed by atoms with E-state index in [1.54, 1.807) is 36.4 Å². The van der Waals surface area contributed by atoms with Crippen LogP contribution in [0.2, 0.25) is 0 Å². The SMILES string of the molecule is COC(=O)C[C@@H]1COc2cc(O[C@@H]3CCc4c3ccc(C(F)(F)F)c4-c3ccc(C(=O)NC4CCOCC4)cc3)ccc21. The Kier molecular flexibility index (Phi) is 8.05. The summed E-state index contributed by atoms with van der Waals surface area (Å²) >= 11 is 0. The Labute approximate surface area is 247 Å². The maximum absolute atomic E-state index is 14.2. The van der Waals surface area contributed by atoms with E-state index in [0.29, 0.717) is 66.4 Å². The summed E-state index contributed by atoms with van der Waals surface area (Å²) in [5.74, 6) is 0.490. The van der Waals surface area contributed by atoms with Crippen LogP contribution in [-0.2, 0) is 26.9 Å². The molecule has 3 aromatic carbocycles. The van der Waals surface area contributed by atoms with Crippen molar-refractivity contribution in [2.24, 2.45) is 0 Å². The van der Waals surface area contributed by atoms with Gasteiger partial charge in [-0.05, 0) is 72.2 Å². The second-order valence-corrected chi connectivity index (χ2v) is 11.1. The van der Waals surface area contributed by atoms with E-state index in [0.717, 1.165) is 24.5 Å². The largest absolute Gasteiger partial charge is 0.492 e. The zero-order valence-corrected chi connectivity index (χ0v) is 23.7. The number of esters is 1. The highest BCUT2D eigenvalue weighted by Crippen LogP contribution is 2.47. The van der Waals surface area contributed by atoms with Crippen molar-refractivity contribution in [1.82, 2.24) is 5.32 Å². The Morgan fingerprint density at radius 2 is 1.72 bits per heavy atom. The minimum atomic E-state index is -4.56. The maximum Gasteiger partial charge on any atom is 0.417 e. The van der Waals surface area contributed by atoms with E-state index in [1.165, 1.54) is 13.2 Å². The van der Waals surface area contributed by atoms with Gasteiger partial charge in [0, 0.05) is 42.4 Å². The third-order valence-electron chi connectivity index (χ3n) is 8.43. The van der Waals surface area contributed by atoms with Crippen molar-refractivity contribution < 1.29 is 41.7 Å². The van der Waals surface area contributed by atoms with Crippen molar-refractivity contribution in [3.8, 4) is 22.6 Å². The van der Waals surface area contributed by atoms with E-state index < -0.39 is 17.8 Å². The fourth-order valence-electron chi connectivity index (χ4n) is 6.20. The van der Waals surface area contributed by atoms with Crippen molar-refractivity contribution >= 4 is 11.9 Å². The monoisotopic (exact) mass is 595 g/mol. The topological polar surface area (TPSA) is 83.1 Å². The molecule has 1 N–H and O–H groups in total. The van der Waals surface area contributed by atoms with E-state index in [9.17, 15) is 22.8 Å². The van der Waals surface area contributed by atoms with Crippen LogP contribution in [0.1, 0.15) is 70.3 Å². The van der Waals surface area contributed by atoms with Crippen LogP contribution in [0.5, 0.6) is 11.5 Å². The average Bonchev–Trinajstić information content (AvgIpc) is 3.60. The molecule has 1 amide bonds. The lowest BCUT2D eigenvalue weighted by atomic mass is 9.91. The number of nitrogens with one attached hydrogen (secondary N) is 1. The average molecular weight is 596 g/mol. The molecule has 1 aliphatic carbocycles. The van der Waals surface area contributed by atoms with Crippen LogP contribution < -0.4 is 14.8 Å². The lowest BCUT2D eigenvalue weighted by molar-refractivity contribution is -0.141. The van der Waals surface area contributed by atoms with Gasteiger partial charge in [-0.2, -0.15) is 13.2 Å². The molecule has 1 fully saturated rings. The zero-order chi connectivity index (χ0) is 30.1. The quantitative estimate of drug-likeness (QED) is 0.319. The van der Waals surface area contributed by atoms with Gasteiger partial charge in [0.2, 0.25) is 0 Å². The van der Waals surface area contributed by atoms with E-state index in [1.807, 2.05) is 6.07 Å². The molecule has 2 aliphatic heterocycles. The normalized spacial score (nSPS) is 19.7. The molecule has 0 spiro atoms. The van der Waals surface area contributed by atoms with Crippen molar-refractivity contribution in [1.29, 1.82) is 0 Å². The number of rotatable bonds is 7. The highest BCUT2D eigenvalue weighted by atomic mass is 19.4. The fourth-order valence-corrected chi connectivity index (χ4v) is 6.20. The van der Waals surface area contributed by atoms with Crippen molar-refractivity contribution in [3.63, 3.8) is 0 Å². The highest BCUT2D eigenvalue weighted by Gasteiger charge is 2.38. The van der Waals surface area contributed by atoms with Gasteiger partial charge >= 0.3 is 12.1 Å². The van der Waals surface area contributed by atoms with Crippen LogP contribution in [-0.4, -0.2) is 44.8 Å². The number of amides is 1. The minimum absolute atomic E-state index is 0.0191. The first-order valence-electron chi connectivity index (χ1n) is 14.4. The lowest BCUT2D eigenvalue weighted by Crippen LogP contribution is -2.38. The van der Waals surface area contributed by atoms with Gasteiger partial charge in [-0.15, -0.1) is 0 Å². The summed E-state index contributed by atoms with van der Waals surface area (Å²) in [6, 6.07) is 14.4. The molecular formula is C33H32F3NO6. The molecule has 0 aromatic heterocycles. The smallest absolute Gasteiger partial charge is 0.417 e. The van der Waals surface area contributed by atoms with Gasteiger partial charge in [0.15, 0.2) is 0 Å². The summed E-state index contributed by atoms with van der Waals surface area (Å²) in [6.07, 6.45) is -2.40. The van der Waals surface area contributed by atoms with Crippen molar-refractivity contribution in [2.75, 3.05) is 26.9 Å². The predicted molar refractivity (Wildman–Crippen MR) is 151 cm³/mol.